The minimum Gasteiger partial charge on any atom is -0.399 e. The van der Waals surface area contributed by atoms with E-state index in [2.05, 4.69) is 0 Å². The van der Waals surface area contributed by atoms with Gasteiger partial charge in [0.25, 0.3) is 5.56 Å². The Morgan fingerprint density at radius 1 is 1.12 bits per heavy atom. The fraction of sp³-hybridized carbons (Fsp3) is 0.308. The van der Waals surface area contributed by atoms with Gasteiger partial charge < -0.3 is 10.3 Å². The van der Waals surface area contributed by atoms with Crippen molar-refractivity contribution in [3.8, 4) is 0 Å². The van der Waals surface area contributed by atoms with Crippen molar-refractivity contribution in [1.29, 1.82) is 0 Å². The van der Waals surface area contributed by atoms with E-state index < -0.39 is 0 Å². The van der Waals surface area contributed by atoms with Gasteiger partial charge in [0, 0.05) is 22.7 Å². The van der Waals surface area contributed by atoms with Crippen LogP contribution in [0.15, 0.2) is 35.1 Å². The summed E-state index contributed by atoms with van der Waals surface area (Å²) in [5, 5.41) is 0.995. The molecule has 0 saturated carbocycles. The lowest BCUT2D eigenvalue weighted by molar-refractivity contribution is 0.398. The zero-order chi connectivity index (χ0) is 11.9. The molecule has 1 heterocycles. The third-order valence-electron chi connectivity index (χ3n) is 2.59. The molecule has 1 aromatic carbocycles. The maximum Gasteiger partial charge on any atom is 0.251 e. The topological polar surface area (TPSA) is 48.0 Å². The summed E-state index contributed by atoms with van der Waals surface area (Å²) in [5.41, 5.74) is 7.16. The van der Waals surface area contributed by atoms with Crippen molar-refractivity contribution in [2.75, 3.05) is 5.73 Å². The Morgan fingerprint density at radius 3 is 2.44 bits per heavy atom. The number of hydrogen-bond donors (Lipinski definition) is 1. The first kappa shape index (κ1) is 10.7. The molecule has 0 bridgehead atoms. The van der Waals surface area contributed by atoms with Gasteiger partial charge in [-0.2, -0.15) is 0 Å². The zero-order valence-electron chi connectivity index (χ0n) is 9.82. The molecule has 2 N–H and O–H groups in total. The predicted octanol–water partition coefficient (Wildman–Crippen LogP) is 2.34. The molecule has 0 saturated heterocycles. The van der Waals surface area contributed by atoms with Crippen LogP contribution in [0.3, 0.4) is 0 Å². The molecule has 0 amide bonds. The van der Waals surface area contributed by atoms with Gasteiger partial charge in [0.15, 0.2) is 0 Å². The zero-order valence-corrected chi connectivity index (χ0v) is 9.82. The van der Waals surface area contributed by atoms with Crippen molar-refractivity contribution in [3.05, 3.63) is 40.7 Å². The molecule has 3 nitrogen and oxygen atoms in total. The van der Waals surface area contributed by atoms with Gasteiger partial charge in [0.05, 0.1) is 5.52 Å². The monoisotopic (exact) mass is 216 g/mol. The lowest BCUT2D eigenvalue weighted by Crippen LogP contribution is -2.33. The Labute approximate surface area is 94.5 Å². The molecule has 0 atom stereocenters. The molecule has 0 unspecified atom stereocenters. The van der Waals surface area contributed by atoms with Crippen molar-refractivity contribution in [1.82, 2.24) is 4.57 Å². The van der Waals surface area contributed by atoms with E-state index in [9.17, 15) is 4.79 Å². The van der Waals surface area contributed by atoms with Gasteiger partial charge in [-0.15, -0.1) is 0 Å². The largest absolute Gasteiger partial charge is 0.399 e. The van der Waals surface area contributed by atoms with Crippen molar-refractivity contribution >= 4 is 16.6 Å². The van der Waals surface area contributed by atoms with Gasteiger partial charge in [0.2, 0.25) is 0 Å². The molecule has 1 aromatic heterocycles. The average Bonchev–Trinajstić information content (AvgIpc) is 2.16. The fourth-order valence-electron chi connectivity index (χ4n) is 1.96. The van der Waals surface area contributed by atoms with Crippen LogP contribution in [0.1, 0.15) is 20.8 Å². The molecule has 2 rings (SSSR count). The lowest BCUT2D eigenvalue weighted by Gasteiger charge is -2.24. The number of hydrogen-bond acceptors (Lipinski definition) is 2. The van der Waals surface area contributed by atoms with Crippen molar-refractivity contribution in [2.24, 2.45) is 0 Å². The number of nitrogen functional groups attached to an aromatic ring is 1. The first-order valence-electron chi connectivity index (χ1n) is 5.31. The van der Waals surface area contributed by atoms with Crippen LogP contribution >= 0.6 is 0 Å². The molecule has 0 spiro atoms. The molecule has 16 heavy (non-hydrogen) atoms. The van der Waals surface area contributed by atoms with Crippen LogP contribution in [0.5, 0.6) is 0 Å². The minimum atomic E-state index is -0.229. The summed E-state index contributed by atoms with van der Waals surface area (Å²) in [5.74, 6) is 0. The normalized spacial score (nSPS) is 11.9. The molecule has 0 aliphatic rings. The first-order valence-corrected chi connectivity index (χ1v) is 5.31. The molecule has 0 aliphatic heterocycles. The number of rotatable bonds is 0. The van der Waals surface area contributed by atoms with E-state index in [1.807, 2.05) is 45.0 Å². The van der Waals surface area contributed by atoms with E-state index in [0.717, 1.165) is 10.9 Å². The molecular formula is C13H16N2O. The highest BCUT2D eigenvalue weighted by atomic mass is 16.1. The van der Waals surface area contributed by atoms with Gasteiger partial charge in [-0.3, -0.25) is 4.79 Å². The van der Waals surface area contributed by atoms with Crippen LogP contribution in [0.2, 0.25) is 0 Å². The molecule has 0 fully saturated rings. The van der Waals surface area contributed by atoms with E-state index >= 15 is 0 Å². The standard InChI is InChI=1S/C13H16N2O/c1-13(2,3)15-11-6-5-10(14)8-9(11)4-7-12(15)16/h4-8H,14H2,1-3H3. The number of aromatic nitrogens is 1. The quantitative estimate of drug-likeness (QED) is 0.687. The summed E-state index contributed by atoms with van der Waals surface area (Å²) in [6, 6.07) is 9.02. The van der Waals surface area contributed by atoms with Gasteiger partial charge in [-0.05, 0) is 45.0 Å². The summed E-state index contributed by atoms with van der Waals surface area (Å²) in [6.07, 6.45) is 0. The number of pyridine rings is 1. The highest BCUT2D eigenvalue weighted by Crippen LogP contribution is 2.21. The highest BCUT2D eigenvalue weighted by Gasteiger charge is 2.16. The van der Waals surface area contributed by atoms with Crippen LogP contribution in [0.25, 0.3) is 10.9 Å². The van der Waals surface area contributed by atoms with Gasteiger partial charge in [-0.1, -0.05) is 0 Å². The van der Waals surface area contributed by atoms with E-state index in [4.69, 9.17) is 5.73 Å². The van der Waals surface area contributed by atoms with Crippen LogP contribution in [0.4, 0.5) is 5.69 Å². The maximum atomic E-state index is 11.9. The van der Waals surface area contributed by atoms with Crippen LogP contribution < -0.4 is 11.3 Å². The number of fused-ring (bicyclic) bond motifs is 1. The second-order valence-corrected chi connectivity index (χ2v) is 5.00. The van der Waals surface area contributed by atoms with Gasteiger partial charge >= 0.3 is 0 Å². The first-order chi connectivity index (χ1) is 7.39. The van der Waals surface area contributed by atoms with Crippen LogP contribution in [-0.2, 0) is 5.54 Å². The number of benzene rings is 1. The highest BCUT2D eigenvalue weighted by molar-refractivity contribution is 5.82. The van der Waals surface area contributed by atoms with Crippen molar-refractivity contribution in [3.63, 3.8) is 0 Å². The summed E-state index contributed by atoms with van der Waals surface area (Å²) >= 11 is 0. The molecule has 2 aromatic rings. The third-order valence-corrected chi connectivity index (χ3v) is 2.59. The van der Waals surface area contributed by atoms with E-state index in [1.54, 1.807) is 10.6 Å². The Kier molecular flexibility index (Phi) is 2.26. The Hall–Kier alpha value is -1.77. The Morgan fingerprint density at radius 2 is 1.81 bits per heavy atom. The third kappa shape index (κ3) is 1.69. The molecule has 0 radical (unpaired) electrons. The van der Waals surface area contributed by atoms with Gasteiger partial charge in [0.1, 0.15) is 0 Å². The lowest BCUT2D eigenvalue weighted by atomic mass is 10.1. The van der Waals surface area contributed by atoms with Crippen LogP contribution in [-0.4, -0.2) is 4.57 Å². The van der Waals surface area contributed by atoms with E-state index in [1.165, 1.54) is 0 Å². The van der Waals surface area contributed by atoms with Crippen molar-refractivity contribution in [2.45, 2.75) is 26.3 Å². The molecule has 3 heteroatoms. The second-order valence-electron chi connectivity index (χ2n) is 5.00. The summed E-state index contributed by atoms with van der Waals surface area (Å²) in [6.45, 7) is 6.05. The smallest absolute Gasteiger partial charge is 0.251 e. The average molecular weight is 216 g/mol. The van der Waals surface area contributed by atoms with Gasteiger partial charge in [-0.25, -0.2) is 0 Å². The molecule has 0 aliphatic carbocycles. The Balaban J connectivity index is 2.91. The maximum absolute atomic E-state index is 11.9. The van der Waals surface area contributed by atoms with E-state index in [-0.39, 0.29) is 11.1 Å². The predicted molar refractivity (Wildman–Crippen MR) is 67.6 cm³/mol. The summed E-state index contributed by atoms with van der Waals surface area (Å²) < 4.78 is 1.79. The fourth-order valence-corrected chi connectivity index (χ4v) is 1.96. The second kappa shape index (κ2) is 3.37. The molecular weight excluding hydrogens is 200 g/mol. The minimum absolute atomic E-state index is 0.0183. The van der Waals surface area contributed by atoms with Crippen molar-refractivity contribution < 1.29 is 0 Å². The van der Waals surface area contributed by atoms with E-state index in [0.29, 0.717) is 5.69 Å². The summed E-state index contributed by atoms with van der Waals surface area (Å²) in [7, 11) is 0. The van der Waals surface area contributed by atoms with Crippen LogP contribution in [0, 0.1) is 0 Å². The summed E-state index contributed by atoms with van der Waals surface area (Å²) in [4.78, 5) is 11.9. The number of nitrogens with two attached hydrogens (primary N) is 1. The number of anilines is 1. The number of nitrogens with zero attached hydrogens (tertiary/aromatic N) is 1. The molecule has 84 valence electrons. The Bertz CT molecular complexity index is 591. The SMILES string of the molecule is CC(C)(C)n1c(=O)ccc2cc(N)ccc21.